The number of rotatable bonds is 1. The van der Waals surface area contributed by atoms with Crippen LogP contribution in [0.2, 0.25) is 0 Å². The fourth-order valence-corrected chi connectivity index (χ4v) is 2.10. The SMILES string of the molecule is Nc1nc(N)c2ncn(C3CCNC3)c2n1. The van der Waals surface area contributed by atoms with Crippen molar-refractivity contribution in [2.24, 2.45) is 0 Å². The Balaban J connectivity index is 2.18. The molecule has 1 aliphatic heterocycles. The van der Waals surface area contributed by atoms with Gasteiger partial charge >= 0.3 is 0 Å². The van der Waals surface area contributed by atoms with Gasteiger partial charge in [-0.2, -0.15) is 9.97 Å². The van der Waals surface area contributed by atoms with E-state index in [2.05, 4.69) is 20.3 Å². The molecule has 1 fully saturated rings. The lowest BCUT2D eigenvalue weighted by molar-refractivity contribution is 0.558. The molecule has 0 saturated carbocycles. The molecular weight excluding hydrogens is 206 g/mol. The molecule has 16 heavy (non-hydrogen) atoms. The number of nitrogens with zero attached hydrogens (tertiary/aromatic N) is 4. The molecule has 2 aromatic heterocycles. The van der Waals surface area contributed by atoms with Crippen LogP contribution in [0, 0.1) is 0 Å². The Bertz CT molecular complexity index is 526. The maximum absolute atomic E-state index is 5.75. The standard InChI is InChI=1S/C9H13N7/c10-7-6-8(15-9(11)14-7)16(4-13-6)5-1-2-12-3-5/h4-5,12H,1-3H2,(H4,10,11,14,15). The Hall–Kier alpha value is -1.89. The molecule has 84 valence electrons. The Morgan fingerprint density at radius 2 is 2.25 bits per heavy atom. The third kappa shape index (κ3) is 1.28. The quantitative estimate of drug-likeness (QED) is 0.598. The van der Waals surface area contributed by atoms with Gasteiger partial charge < -0.3 is 21.4 Å². The highest BCUT2D eigenvalue weighted by Gasteiger charge is 2.20. The number of nitrogens with two attached hydrogens (primary N) is 2. The number of imidazole rings is 1. The average molecular weight is 219 g/mol. The molecule has 5 N–H and O–H groups in total. The molecule has 1 atom stereocenters. The number of aromatic nitrogens is 4. The third-order valence-corrected chi connectivity index (χ3v) is 2.89. The van der Waals surface area contributed by atoms with Crippen LogP contribution in [0.15, 0.2) is 6.33 Å². The van der Waals surface area contributed by atoms with Crippen molar-refractivity contribution in [3.05, 3.63) is 6.33 Å². The first-order valence-electron chi connectivity index (χ1n) is 5.22. The molecule has 0 bridgehead atoms. The lowest BCUT2D eigenvalue weighted by Gasteiger charge is -2.10. The van der Waals surface area contributed by atoms with Crippen molar-refractivity contribution in [2.45, 2.75) is 12.5 Å². The Morgan fingerprint density at radius 1 is 1.38 bits per heavy atom. The van der Waals surface area contributed by atoms with Gasteiger partial charge in [0.2, 0.25) is 5.95 Å². The second-order valence-electron chi connectivity index (χ2n) is 3.94. The summed E-state index contributed by atoms with van der Waals surface area (Å²) in [6.45, 7) is 1.94. The van der Waals surface area contributed by atoms with Gasteiger partial charge in [0.15, 0.2) is 11.5 Å². The van der Waals surface area contributed by atoms with Crippen LogP contribution in [-0.2, 0) is 0 Å². The Labute approximate surface area is 91.9 Å². The number of fused-ring (bicyclic) bond motifs is 1. The normalized spacial score (nSPS) is 20.6. The number of hydrogen-bond acceptors (Lipinski definition) is 6. The largest absolute Gasteiger partial charge is 0.382 e. The van der Waals surface area contributed by atoms with Crippen LogP contribution in [0.1, 0.15) is 12.5 Å². The molecule has 0 radical (unpaired) electrons. The zero-order valence-corrected chi connectivity index (χ0v) is 8.72. The molecule has 2 aromatic rings. The minimum atomic E-state index is 0.192. The predicted octanol–water partition coefficient (Wildman–Crippen LogP) is -0.475. The molecule has 1 unspecified atom stereocenters. The molecular formula is C9H13N7. The van der Waals surface area contributed by atoms with Crippen LogP contribution < -0.4 is 16.8 Å². The Kier molecular flexibility index (Phi) is 1.93. The summed E-state index contributed by atoms with van der Waals surface area (Å²) in [5.41, 5.74) is 12.7. The second kappa shape index (κ2) is 3.31. The molecule has 1 saturated heterocycles. The lowest BCUT2D eigenvalue weighted by atomic mass is 10.2. The molecule has 0 amide bonds. The van der Waals surface area contributed by atoms with Gasteiger partial charge in [0.1, 0.15) is 5.52 Å². The molecule has 7 nitrogen and oxygen atoms in total. The zero-order chi connectivity index (χ0) is 11.1. The molecule has 7 heteroatoms. The highest BCUT2D eigenvalue weighted by molar-refractivity contribution is 5.82. The van der Waals surface area contributed by atoms with Gasteiger partial charge in [-0.3, -0.25) is 0 Å². The topological polar surface area (TPSA) is 108 Å². The van der Waals surface area contributed by atoms with Crippen LogP contribution in [0.5, 0.6) is 0 Å². The van der Waals surface area contributed by atoms with E-state index >= 15 is 0 Å². The van der Waals surface area contributed by atoms with Crippen LogP contribution in [0.3, 0.4) is 0 Å². The first-order valence-corrected chi connectivity index (χ1v) is 5.22. The fraction of sp³-hybridized carbons (Fsp3) is 0.444. The van der Waals surface area contributed by atoms with Crippen molar-refractivity contribution < 1.29 is 0 Å². The second-order valence-corrected chi connectivity index (χ2v) is 3.94. The summed E-state index contributed by atoms with van der Waals surface area (Å²) in [6, 6.07) is 0.374. The summed E-state index contributed by atoms with van der Waals surface area (Å²) < 4.78 is 2.02. The summed E-state index contributed by atoms with van der Waals surface area (Å²) in [4.78, 5) is 12.3. The van der Waals surface area contributed by atoms with E-state index in [1.165, 1.54) is 0 Å². The number of nitrogens with one attached hydrogen (secondary N) is 1. The van der Waals surface area contributed by atoms with E-state index in [9.17, 15) is 0 Å². The smallest absolute Gasteiger partial charge is 0.224 e. The summed E-state index contributed by atoms with van der Waals surface area (Å²) in [6.07, 6.45) is 2.82. The molecule has 0 spiro atoms. The molecule has 3 heterocycles. The van der Waals surface area contributed by atoms with E-state index in [-0.39, 0.29) is 5.95 Å². The molecule has 3 rings (SSSR count). The third-order valence-electron chi connectivity index (χ3n) is 2.89. The van der Waals surface area contributed by atoms with Crippen molar-refractivity contribution in [3.8, 4) is 0 Å². The van der Waals surface area contributed by atoms with Crippen LogP contribution in [0.25, 0.3) is 11.2 Å². The van der Waals surface area contributed by atoms with Crippen molar-refractivity contribution in [1.82, 2.24) is 24.8 Å². The van der Waals surface area contributed by atoms with E-state index in [0.717, 1.165) is 25.2 Å². The van der Waals surface area contributed by atoms with Crippen molar-refractivity contribution in [3.63, 3.8) is 0 Å². The van der Waals surface area contributed by atoms with Crippen molar-refractivity contribution in [2.75, 3.05) is 24.6 Å². The number of nitrogen functional groups attached to an aromatic ring is 2. The first kappa shape index (κ1) is 9.34. The van der Waals surface area contributed by atoms with E-state index < -0.39 is 0 Å². The summed E-state index contributed by atoms with van der Waals surface area (Å²) >= 11 is 0. The number of anilines is 2. The van der Waals surface area contributed by atoms with E-state index in [4.69, 9.17) is 11.5 Å². The Morgan fingerprint density at radius 3 is 3.00 bits per heavy atom. The van der Waals surface area contributed by atoms with E-state index in [0.29, 0.717) is 17.4 Å². The van der Waals surface area contributed by atoms with E-state index in [1.54, 1.807) is 6.33 Å². The van der Waals surface area contributed by atoms with Crippen molar-refractivity contribution in [1.29, 1.82) is 0 Å². The molecule has 0 aromatic carbocycles. The van der Waals surface area contributed by atoms with Gasteiger partial charge in [-0.1, -0.05) is 0 Å². The summed E-state index contributed by atoms with van der Waals surface area (Å²) in [7, 11) is 0. The minimum Gasteiger partial charge on any atom is -0.382 e. The van der Waals surface area contributed by atoms with Gasteiger partial charge in [-0.15, -0.1) is 0 Å². The fourth-order valence-electron chi connectivity index (χ4n) is 2.10. The van der Waals surface area contributed by atoms with Gasteiger partial charge in [-0.05, 0) is 13.0 Å². The predicted molar refractivity (Wildman–Crippen MR) is 60.7 cm³/mol. The summed E-state index contributed by atoms with van der Waals surface area (Å²) in [5.74, 6) is 0.532. The average Bonchev–Trinajstić information content (AvgIpc) is 2.83. The van der Waals surface area contributed by atoms with Gasteiger partial charge in [0, 0.05) is 6.54 Å². The van der Waals surface area contributed by atoms with Crippen molar-refractivity contribution >= 4 is 22.9 Å². The molecule has 0 aliphatic carbocycles. The lowest BCUT2D eigenvalue weighted by Crippen LogP contribution is -2.13. The van der Waals surface area contributed by atoms with Crippen LogP contribution in [0.4, 0.5) is 11.8 Å². The minimum absolute atomic E-state index is 0.192. The van der Waals surface area contributed by atoms with Crippen LogP contribution >= 0.6 is 0 Å². The maximum Gasteiger partial charge on any atom is 0.224 e. The number of hydrogen-bond donors (Lipinski definition) is 3. The monoisotopic (exact) mass is 219 g/mol. The highest BCUT2D eigenvalue weighted by atomic mass is 15.2. The van der Waals surface area contributed by atoms with Gasteiger partial charge in [-0.25, -0.2) is 4.98 Å². The van der Waals surface area contributed by atoms with E-state index in [1.807, 2.05) is 4.57 Å². The van der Waals surface area contributed by atoms with Gasteiger partial charge in [0.05, 0.1) is 12.4 Å². The zero-order valence-electron chi connectivity index (χ0n) is 8.72. The maximum atomic E-state index is 5.75. The first-order chi connectivity index (χ1) is 7.75. The van der Waals surface area contributed by atoms with Crippen LogP contribution in [-0.4, -0.2) is 32.6 Å². The highest BCUT2D eigenvalue weighted by Crippen LogP contribution is 2.23. The molecule has 1 aliphatic rings. The summed E-state index contributed by atoms with van der Waals surface area (Å²) in [5, 5.41) is 3.30. The van der Waals surface area contributed by atoms with Gasteiger partial charge in [0.25, 0.3) is 0 Å².